The van der Waals surface area contributed by atoms with Gasteiger partial charge in [-0.1, -0.05) is 91.0 Å². The lowest BCUT2D eigenvalue weighted by molar-refractivity contribution is 1.18. The van der Waals surface area contributed by atoms with Gasteiger partial charge in [0.1, 0.15) is 0 Å². The van der Waals surface area contributed by atoms with Crippen molar-refractivity contribution in [2.75, 3.05) is 0 Å². The van der Waals surface area contributed by atoms with Gasteiger partial charge in [0, 0.05) is 33.6 Å². The van der Waals surface area contributed by atoms with Crippen molar-refractivity contribution in [3.63, 3.8) is 0 Å². The van der Waals surface area contributed by atoms with Crippen molar-refractivity contribution in [1.29, 1.82) is 0 Å². The first-order valence-electron chi connectivity index (χ1n) is 11.9. The molecule has 7 rings (SSSR count). The third-order valence-corrected chi connectivity index (χ3v) is 6.85. The van der Waals surface area contributed by atoms with E-state index in [4.69, 9.17) is 4.98 Å². The minimum atomic E-state index is 1.02. The van der Waals surface area contributed by atoms with Crippen LogP contribution in [0.25, 0.3) is 60.6 Å². The molecule has 0 atom stereocenters. The maximum Gasteiger partial charge on any atom is 0.0780 e. The van der Waals surface area contributed by atoms with Crippen LogP contribution < -0.4 is 0 Å². The lowest BCUT2D eigenvalue weighted by atomic mass is 9.99. The molecule has 0 unspecified atom stereocenters. The first-order chi connectivity index (χ1) is 17.4. The Balaban J connectivity index is 1.32. The summed E-state index contributed by atoms with van der Waals surface area (Å²) in [5, 5.41) is 4.94. The van der Waals surface area contributed by atoms with Gasteiger partial charge in [0.25, 0.3) is 0 Å². The van der Waals surface area contributed by atoms with Gasteiger partial charge in [-0.2, -0.15) is 0 Å². The number of hydrogen-bond acceptors (Lipinski definition) is 1. The van der Waals surface area contributed by atoms with E-state index in [9.17, 15) is 0 Å². The minimum Gasteiger partial charge on any atom is -0.309 e. The monoisotopic (exact) mass is 446 g/mol. The van der Waals surface area contributed by atoms with Gasteiger partial charge in [0.2, 0.25) is 0 Å². The molecule has 0 aliphatic rings. The molecular formula is C33H22N2. The molecule has 2 nitrogen and oxygen atoms in total. The summed E-state index contributed by atoms with van der Waals surface area (Å²) in [5.74, 6) is 0. The first kappa shape index (κ1) is 19.7. The molecule has 2 aromatic heterocycles. The molecule has 2 heterocycles. The quantitative estimate of drug-likeness (QED) is 0.265. The molecule has 0 saturated heterocycles. The second kappa shape index (κ2) is 7.96. The topological polar surface area (TPSA) is 17.8 Å². The summed E-state index contributed by atoms with van der Waals surface area (Å²) in [6, 6.07) is 45.3. The van der Waals surface area contributed by atoms with E-state index in [1.54, 1.807) is 0 Å². The number of aromatic nitrogens is 2. The second-order valence-electron chi connectivity index (χ2n) is 8.88. The molecule has 0 radical (unpaired) electrons. The lowest BCUT2D eigenvalue weighted by Crippen LogP contribution is -1.93. The van der Waals surface area contributed by atoms with Crippen LogP contribution in [-0.2, 0) is 0 Å². The van der Waals surface area contributed by atoms with Gasteiger partial charge < -0.3 is 4.57 Å². The maximum atomic E-state index is 4.71. The van der Waals surface area contributed by atoms with E-state index in [1.165, 1.54) is 43.7 Å². The van der Waals surface area contributed by atoms with Crippen LogP contribution in [0.4, 0.5) is 0 Å². The van der Waals surface area contributed by atoms with E-state index in [0.717, 1.165) is 16.9 Å². The highest BCUT2D eigenvalue weighted by Crippen LogP contribution is 2.33. The fraction of sp³-hybridized carbons (Fsp3) is 0. The number of pyridine rings is 1. The number of benzene rings is 5. The third kappa shape index (κ3) is 3.23. The zero-order valence-corrected chi connectivity index (χ0v) is 19.1. The van der Waals surface area contributed by atoms with Gasteiger partial charge in [-0.25, -0.2) is 0 Å². The van der Waals surface area contributed by atoms with E-state index in [-0.39, 0.29) is 0 Å². The Hall–Kier alpha value is -4.69. The zero-order valence-electron chi connectivity index (χ0n) is 19.1. The van der Waals surface area contributed by atoms with E-state index in [0.29, 0.717) is 0 Å². The van der Waals surface area contributed by atoms with Crippen molar-refractivity contribution < 1.29 is 0 Å². The molecule has 164 valence electrons. The summed E-state index contributed by atoms with van der Waals surface area (Å²) in [4.78, 5) is 4.71. The second-order valence-corrected chi connectivity index (χ2v) is 8.88. The Morgan fingerprint density at radius 3 is 1.83 bits per heavy atom. The fourth-order valence-corrected chi connectivity index (χ4v) is 5.20. The molecule has 0 amide bonds. The maximum absolute atomic E-state index is 4.71. The van der Waals surface area contributed by atoms with Gasteiger partial charge in [-0.05, 0) is 52.9 Å². The Bertz CT molecular complexity index is 1780. The summed E-state index contributed by atoms with van der Waals surface area (Å²) in [6.45, 7) is 0. The molecular weight excluding hydrogens is 424 g/mol. The minimum absolute atomic E-state index is 1.02. The van der Waals surface area contributed by atoms with Crippen LogP contribution in [0.15, 0.2) is 134 Å². The Labute approximate surface area is 203 Å². The molecule has 5 aromatic carbocycles. The van der Waals surface area contributed by atoms with Crippen molar-refractivity contribution in [2.45, 2.75) is 0 Å². The molecule has 0 N–H and O–H groups in total. The van der Waals surface area contributed by atoms with Gasteiger partial charge >= 0.3 is 0 Å². The largest absolute Gasteiger partial charge is 0.309 e. The normalized spacial score (nSPS) is 11.4. The molecule has 0 aliphatic heterocycles. The predicted molar refractivity (Wildman–Crippen MR) is 147 cm³/mol. The molecule has 0 aliphatic carbocycles. The third-order valence-electron chi connectivity index (χ3n) is 6.85. The summed E-state index contributed by atoms with van der Waals surface area (Å²) >= 11 is 0. The Kier molecular flexibility index (Phi) is 4.49. The van der Waals surface area contributed by atoms with Crippen LogP contribution in [0.2, 0.25) is 0 Å². The molecule has 0 bridgehead atoms. The summed E-state index contributed by atoms with van der Waals surface area (Å²) < 4.78 is 2.35. The summed E-state index contributed by atoms with van der Waals surface area (Å²) in [6.07, 6.45) is 1.89. The average Bonchev–Trinajstić information content (AvgIpc) is 3.27. The number of nitrogens with zero attached hydrogens (tertiary/aromatic N) is 2. The van der Waals surface area contributed by atoms with Gasteiger partial charge in [0.05, 0.1) is 16.7 Å². The van der Waals surface area contributed by atoms with Crippen LogP contribution >= 0.6 is 0 Å². The highest BCUT2D eigenvalue weighted by atomic mass is 15.0. The van der Waals surface area contributed by atoms with E-state index >= 15 is 0 Å². The van der Waals surface area contributed by atoms with Crippen molar-refractivity contribution in [1.82, 2.24) is 9.55 Å². The molecule has 0 spiro atoms. The summed E-state index contributed by atoms with van der Waals surface area (Å²) in [5.41, 5.74) is 8.15. The van der Waals surface area contributed by atoms with E-state index in [1.807, 2.05) is 6.20 Å². The average molecular weight is 447 g/mol. The molecule has 0 saturated carbocycles. The highest BCUT2D eigenvalue weighted by Gasteiger charge is 2.12. The number of hydrogen-bond donors (Lipinski definition) is 0. The molecule has 35 heavy (non-hydrogen) atoms. The fourth-order valence-electron chi connectivity index (χ4n) is 5.20. The lowest BCUT2D eigenvalue weighted by Gasteiger charge is -2.11. The zero-order chi connectivity index (χ0) is 23.2. The van der Waals surface area contributed by atoms with Crippen LogP contribution in [0.3, 0.4) is 0 Å². The van der Waals surface area contributed by atoms with E-state index in [2.05, 4.69) is 132 Å². The van der Waals surface area contributed by atoms with Crippen LogP contribution in [0, 0.1) is 0 Å². The van der Waals surface area contributed by atoms with Crippen molar-refractivity contribution in [3.05, 3.63) is 134 Å². The predicted octanol–water partition coefficient (Wildman–Crippen LogP) is 8.67. The van der Waals surface area contributed by atoms with Crippen molar-refractivity contribution >= 4 is 32.6 Å². The smallest absolute Gasteiger partial charge is 0.0780 e. The number of fused-ring (bicyclic) bond motifs is 4. The van der Waals surface area contributed by atoms with Crippen LogP contribution in [-0.4, -0.2) is 9.55 Å². The van der Waals surface area contributed by atoms with Gasteiger partial charge in [0.15, 0.2) is 0 Å². The van der Waals surface area contributed by atoms with Gasteiger partial charge in [-0.15, -0.1) is 0 Å². The Morgan fingerprint density at radius 1 is 0.457 bits per heavy atom. The molecule has 7 aromatic rings. The first-order valence-corrected chi connectivity index (χ1v) is 11.9. The van der Waals surface area contributed by atoms with Crippen molar-refractivity contribution in [3.8, 4) is 28.1 Å². The highest BCUT2D eigenvalue weighted by molar-refractivity contribution is 6.09. The number of para-hydroxylation sites is 2. The standard InChI is InChI=1S/C33H22N2/c1-2-11-28-24(8-1)20-21-34-33(28)26-10-7-9-25(22-26)23-16-18-27(19-17-23)35-31-14-5-3-12-29(31)30-13-4-6-15-32(30)35/h1-22H. The van der Waals surface area contributed by atoms with Crippen molar-refractivity contribution in [2.24, 2.45) is 0 Å². The van der Waals surface area contributed by atoms with Crippen LogP contribution in [0.5, 0.6) is 0 Å². The SMILES string of the molecule is c1cc(-c2ccc(-n3c4ccccc4c4ccccc43)cc2)cc(-c2nccc3ccccc23)c1. The molecule has 2 heteroatoms. The van der Waals surface area contributed by atoms with E-state index < -0.39 is 0 Å². The Morgan fingerprint density at radius 2 is 1.09 bits per heavy atom. The van der Waals surface area contributed by atoms with Gasteiger partial charge in [-0.3, -0.25) is 4.98 Å². The molecule has 0 fully saturated rings. The summed E-state index contributed by atoms with van der Waals surface area (Å²) in [7, 11) is 0. The van der Waals surface area contributed by atoms with Crippen LogP contribution in [0.1, 0.15) is 0 Å². The number of rotatable bonds is 3.